The van der Waals surface area contributed by atoms with Gasteiger partial charge < -0.3 is 15.8 Å². The van der Waals surface area contributed by atoms with Crippen molar-refractivity contribution in [1.29, 1.82) is 0 Å². The second-order valence-corrected chi connectivity index (χ2v) is 7.93. The number of hydrogen-bond donors (Lipinski definition) is 2. The SMILES string of the molecule is CC(=O)Nc1cccc(OC2c3ccccc3CC2C)c1.CCCC(CC)CN. The lowest BCUT2D eigenvalue weighted by molar-refractivity contribution is -0.114. The molecule has 0 radical (unpaired) electrons. The quantitative estimate of drug-likeness (QED) is 0.628. The van der Waals surface area contributed by atoms with Crippen LogP contribution in [0.3, 0.4) is 0 Å². The van der Waals surface area contributed by atoms with E-state index in [9.17, 15) is 4.79 Å². The van der Waals surface area contributed by atoms with E-state index in [1.807, 2.05) is 24.3 Å². The first-order valence-corrected chi connectivity index (χ1v) is 10.8. The summed E-state index contributed by atoms with van der Waals surface area (Å²) >= 11 is 0. The molecule has 3 N–H and O–H groups in total. The Bertz CT molecular complexity index is 771. The van der Waals surface area contributed by atoms with Crippen molar-refractivity contribution in [3.63, 3.8) is 0 Å². The number of nitrogens with two attached hydrogens (primary N) is 1. The number of anilines is 1. The van der Waals surface area contributed by atoms with Gasteiger partial charge in [-0.15, -0.1) is 0 Å². The maximum Gasteiger partial charge on any atom is 0.221 e. The summed E-state index contributed by atoms with van der Waals surface area (Å²) in [4.78, 5) is 11.1. The third-order valence-electron chi connectivity index (χ3n) is 5.45. The van der Waals surface area contributed by atoms with E-state index in [1.54, 1.807) is 0 Å². The van der Waals surface area contributed by atoms with Gasteiger partial charge in [-0.05, 0) is 48.6 Å². The molecule has 4 nitrogen and oxygen atoms in total. The number of hydrogen-bond acceptors (Lipinski definition) is 3. The Morgan fingerprint density at radius 2 is 1.97 bits per heavy atom. The maximum atomic E-state index is 11.1. The number of carbonyl (C=O) groups is 1. The van der Waals surface area contributed by atoms with Crippen LogP contribution in [0.1, 0.15) is 64.2 Å². The average molecular weight is 397 g/mol. The highest BCUT2D eigenvalue weighted by Gasteiger charge is 2.30. The summed E-state index contributed by atoms with van der Waals surface area (Å²) in [6.07, 6.45) is 4.94. The van der Waals surface area contributed by atoms with E-state index < -0.39 is 0 Å². The fraction of sp³-hybridized carbons (Fsp3) is 0.480. The van der Waals surface area contributed by atoms with Crippen LogP contribution in [-0.4, -0.2) is 12.5 Å². The van der Waals surface area contributed by atoms with Crippen LogP contribution >= 0.6 is 0 Å². The van der Waals surface area contributed by atoms with Gasteiger partial charge in [-0.2, -0.15) is 0 Å². The number of carbonyl (C=O) groups excluding carboxylic acids is 1. The van der Waals surface area contributed by atoms with Crippen LogP contribution < -0.4 is 15.8 Å². The Morgan fingerprint density at radius 3 is 2.59 bits per heavy atom. The summed E-state index contributed by atoms with van der Waals surface area (Å²) in [5, 5.41) is 2.78. The van der Waals surface area contributed by atoms with E-state index in [0.717, 1.165) is 30.3 Å². The molecule has 1 aliphatic carbocycles. The summed E-state index contributed by atoms with van der Waals surface area (Å²) in [7, 11) is 0. The monoisotopic (exact) mass is 396 g/mol. The Balaban J connectivity index is 0.000000321. The van der Waals surface area contributed by atoms with Crippen molar-refractivity contribution in [1.82, 2.24) is 0 Å². The van der Waals surface area contributed by atoms with Gasteiger partial charge in [0.1, 0.15) is 11.9 Å². The van der Waals surface area contributed by atoms with Crippen molar-refractivity contribution in [3.8, 4) is 5.75 Å². The third kappa shape index (κ3) is 6.90. The first-order chi connectivity index (χ1) is 14.0. The van der Waals surface area contributed by atoms with E-state index in [4.69, 9.17) is 10.5 Å². The molecular formula is C25H36N2O2. The van der Waals surface area contributed by atoms with Crippen LogP contribution in [0.15, 0.2) is 48.5 Å². The van der Waals surface area contributed by atoms with Crippen LogP contribution in [0.4, 0.5) is 5.69 Å². The van der Waals surface area contributed by atoms with E-state index in [1.165, 1.54) is 37.3 Å². The number of nitrogens with one attached hydrogen (secondary N) is 1. The maximum absolute atomic E-state index is 11.1. The molecule has 0 aromatic heterocycles. The third-order valence-corrected chi connectivity index (χ3v) is 5.45. The molecule has 0 saturated carbocycles. The minimum Gasteiger partial charge on any atom is -0.485 e. The zero-order valence-corrected chi connectivity index (χ0v) is 18.3. The summed E-state index contributed by atoms with van der Waals surface area (Å²) < 4.78 is 6.18. The molecule has 0 fully saturated rings. The van der Waals surface area contributed by atoms with Crippen molar-refractivity contribution >= 4 is 11.6 Å². The number of ether oxygens (including phenoxy) is 1. The molecule has 3 atom stereocenters. The van der Waals surface area contributed by atoms with Gasteiger partial charge in [-0.25, -0.2) is 0 Å². The lowest BCUT2D eigenvalue weighted by atomic mass is 10.0. The Morgan fingerprint density at radius 1 is 1.21 bits per heavy atom. The average Bonchev–Trinajstić information content (AvgIpc) is 3.02. The zero-order valence-electron chi connectivity index (χ0n) is 18.3. The standard InChI is InChI=1S/C18H19NO2.C7H17N/c1-12-10-14-6-3-4-9-17(14)18(12)21-16-8-5-7-15(11-16)19-13(2)20;1-3-5-7(4-2)6-8/h3-9,11-12,18H,10H2,1-2H3,(H,19,20);7H,3-6,8H2,1-2H3. The molecule has 0 bridgehead atoms. The van der Waals surface area contributed by atoms with Crippen molar-refractivity contribution in [2.45, 2.75) is 59.5 Å². The van der Waals surface area contributed by atoms with E-state index >= 15 is 0 Å². The largest absolute Gasteiger partial charge is 0.485 e. The highest BCUT2D eigenvalue weighted by Crippen LogP contribution is 2.39. The number of fused-ring (bicyclic) bond motifs is 1. The second kappa shape index (κ2) is 11.6. The smallest absolute Gasteiger partial charge is 0.221 e. The summed E-state index contributed by atoms with van der Waals surface area (Å²) in [5.41, 5.74) is 8.87. The molecule has 0 saturated heterocycles. The molecule has 2 aromatic carbocycles. The molecule has 3 unspecified atom stereocenters. The summed E-state index contributed by atoms with van der Waals surface area (Å²) in [5.74, 6) is 1.94. The number of rotatable bonds is 7. The van der Waals surface area contributed by atoms with Crippen LogP contribution in [0, 0.1) is 11.8 Å². The lowest BCUT2D eigenvalue weighted by Crippen LogP contribution is -2.12. The van der Waals surface area contributed by atoms with Crippen molar-refractivity contribution in [2.24, 2.45) is 17.6 Å². The molecular weight excluding hydrogens is 360 g/mol. The van der Waals surface area contributed by atoms with Gasteiger partial charge in [0, 0.05) is 24.6 Å². The normalized spacial score (nSPS) is 18.2. The predicted molar refractivity (Wildman–Crippen MR) is 121 cm³/mol. The Labute approximate surface area is 175 Å². The molecule has 1 aliphatic rings. The molecule has 158 valence electrons. The predicted octanol–water partition coefficient (Wildman–Crippen LogP) is 5.73. The fourth-order valence-electron chi connectivity index (χ4n) is 3.83. The van der Waals surface area contributed by atoms with Crippen molar-refractivity contribution in [2.75, 3.05) is 11.9 Å². The van der Waals surface area contributed by atoms with Gasteiger partial charge in [0.05, 0.1) is 0 Å². The molecule has 0 spiro atoms. The molecule has 1 amide bonds. The Kier molecular flexibility index (Phi) is 9.20. The zero-order chi connectivity index (χ0) is 21.2. The van der Waals surface area contributed by atoms with E-state index in [0.29, 0.717) is 5.92 Å². The van der Waals surface area contributed by atoms with E-state index in [2.05, 4.69) is 50.4 Å². The first kappa shape index (κ1) is 23.0. The molecule has 0 heterocycles. The van der Waals surface area contributed by atoms with Crippen molar-refractivity contribution in [3.05, 3.63) is 59.7 Å². The lowest BCUT2D eigenvalue weighted by Gasteiger charge is -2.19. The van der Waals surface area contributed by atoms with Gasteiger partial charge in [-0.3, -0.25) is 4.79 Å². The minimum absolute atomic E-state index is 0.0771. The van der Waals surface area contributed by atoms with Gasteiger partial charge in [0.25, 0.3) is 0 Å². The van der Waals surface area contributed by atoms with E-state index in [-0.39, 0.29) is 12.0 Å². The first-order valence-electron chi connectivity index (χ1n) is 10.8. The minimum atomic E-state index is -0.0771. The van der Waals surface area contributed by atoms with Gasteiger partial charge in [0.2, 0.25) is 5.91 Å². The Hall–Kier alpha value is -2.33. The van der Waals surface area contributed by atoms with Crippen LogP contribution in [0.5, 0.6) is 5.75 Å². The summed E-state index contributed by atoms with van der Waals surface area (Å²) in [6, 6.07) is 16.0. The fourth-order valence-corrected chi connectivity index (χ4v) is 3.83. The number of benzene rings is 2. The molecule has 2 aromatic rings. The van der Waals surface area contributed by atoms with Crippen molar-refractivity contribution < 1.29 is 9.53 Å². The van der Waals surface area contributed by atoms with Gasteiger partial charge in [0.15, 0.2) is 0 Å². The molecule has 0 aliphatic heterocycles. The number of amides is 1. The van der Waals surface area contributed by atoms with Gasteiger partial charge in [-0.1, -0.05) is 63.9 Å². The molecule has 3 rings (SSSR count). The van der Waals surface area contributed by atoms with Crippen LogP contribution in [0.2, 0.25) is 0 Å². The highest BCUT2D eigenvalue weighted by molar-refractivity contribution is 5.88. The second-order valence-electron chi connectivity index (χ2n) is 7.93. The molecule has 29 heavy (non-hydrogen) atoms. The topological polar surface area (TPSA) is 64.3 Å². The van der Waals surface area contributed by atoms with Gasteiger partial charge >= 0.3 is 0 Å². The summed E-state index contributed by atoms with van der Waals surface area (Å²) in [6.45, 7) is 8.99. The van der Waals surface area contributed by atoms with Crippen LogP contribution in [-0.2, 0) is 11.2 Å². The molecule has 4 heteroatoms. The van der Waals surface area contributed by atoms with Crippen LogP contribution in [0.25, 0.3) is 0 Å². The highest BCUT2D eigenvalue weighted by atomic mass is 16.5.